The van der Waals surface area contributed by atoms with Gasteiger partial charge in [-0.05, 0) is 42.3 Å². The molecule has 6 nitrogen and oxygen atoms in total. The van der Waals surface area contributed by atoms with Crippen LogP contribution in [0.4, 0.5) is 15.8 Å². The van der Waals surface area contributed by atoms with Gasteiger partial charge in [0.2, 0.25) is 5.91 Å². The summed E-state index contributed by atoms with van der Waals surface area (Å²) in [5.41, 5.74) is 5.21. The van der Waals surface area contributed by atoms with Gasteiger partial charge >= 0.3 is 0 Å². The number of para-hydroxylation sites is 2. The Labute approximate surface area is 196 Å². The van der Waals surface area contributed by atoms with Crippen LogP contribution in [0, 0.1) is 18.7 Å². The minimum Gasteiger partial charge on any atom is -0.386 e. The van der Waals surface area contributed by atoms with Gasteiger partial charge in [0.25, 0.3) is 5.91 Å². The highest BCUT2D eigenvalue weighted by molar-refractivity contribution is 6.24. The van der Waals surface area contributed by atoms with E-state index >= 15 is 0 Å². The van der Waals surface area contributed by atoms with E-state index in [-0.39, 0.29) is 11.6 Å². The number of anilines is 2. The van der Waals surface area contributed by atoms with Crippen LogP contribution in [-0.2, 0) is 9.59 Å². The summed E-state index contributed by atoms with van der Waals surface area (Å²) in [6.45, 7) is 1.89. The number of hydrogen-bond donors (Lipinski definition) is 2. The summed E-state index contributed by atoms with van der Waals surface area (Å²) in [5, 5.41) is 12.9. The van der Waals surface area contributed by atoms with Gasteiger partial charge in [0, 0.05) is 0 Å². The molecule has 7 heteroatoms. The number of amides is 2. The molecule has 0 aromatic heterocycles. The fourth-order valence-corrected chi connectivity index (χ4v) is 4.70. The predicted molar refractivity (Wildman–Crippen MR) is 127 cm³/mol. The lowest BCUT2D eigenvalue weighted by molar-refractivity contribution is -0.123. The Hall–Kier alpha value is -3.81. The van der Waals surface area contributed by atoms with Crippen molar-refractivity contribution in [3.05, 3.63) is 108 Å². The third-order valence-electron chi connectivity index (χ3n) is 6.42. The first-order valence-corrected chi connectivity index (χ1v) is 11.1. The first-order chi connectivity index (χ1) is 16.5. The van der Waals surface area contributed by atoms with Gasteiger partial charge < -0.3 is 10.5 Å². The zero-order valence-corrected chi connectivity index (χ0v) is 18.5. The van der Waals surface area contributed by atoms with Crippen molar-refractivity contribution in [3.8, 4) is 0 Å². The average Bonchev–Trinajstić information content (AvgIpc) is 3.11. The minimum absolute atomic E-state index is 0.150. The molecule has 2 aliphatic rings. The quantitative estimate of drug-likeness (QED) is 0.448. The maximum absolute atomic E-state index is 14.6. The van der Waals surface area contributed by atoms with Crippen LogP contribution in [0.1, 0.15) is 17.2 Å². The Bertz CT molecular complexity index is 1260. The maximum atomic E-state index is 14.6. The maximum Gasteiger partial charge on any atom is 0.254 e. The van der Waals surface area contributed by atoms with E-state index in [1.807, 2.05) is 37.3 Å². The lowest BCUT2D eigenvalue weighted by atomic mass is 9.89. The van der Waals surface area contributed by atoms with Crippen LogP contribution < -0.4 is 10.3 Å². The van der Waals surface area contributed by atoms with Gasteiger partial charge in [0.1, 0.15) is 18.0 Å². The van der Waals surface area contributed by atoms with Crippen molar-refractivity contribution in [2.24, 2.45) is 5.92 Å². The fraction of sp³-hybridized carbons (Fsp3) is 0.185. The fourth-order valence-electron chi connectivity index (χ4n) is 4.70. The molecule has 5 rings (SSSR count). The molecular weight excluding hydrogens is 433 g/mol. The second-order valence-corrected chi connectivity index (χ2v) is 8.49. The van der Waals surface area contributed by atoms with Crippen LogP contribution in [-0.4, -0.2) is 34.0 Å². The van der Waals surface area contributed by atoms with Gasteiger partial charge in [-0.1, -0.05) is 66.7 Å². The van der Waals surface area contributed by atoms with Crippen molar-refractivity contribution in [2.45, 2.75) is 25.1 Å². The number of benzene rings is 3. The summed E-state index contributed by atoms with van der Waals surface area (Å²) in [4.78, 5) is 28.1. The van der Waals surface area contributed by atoms with E-state index < -0.39 is 35.8 Å². The van der Waals surface area contributed by atoms with Gasteiger partial charge in [-0.25, -0.2) is 14.3 Å². The van der Waals surface area contributed by atoms with Crippen molar-refractivity contribution in [3.63, 3.8) is 0 Å². The monoisotopic (exact) mass is 457 g/mol. The van der Waals surface area contributed by atoms with Crippen LogP contribution in [0.2, 0.25) is 0 Å². The number of aliphatic hydroxyl groups excluding tert-OH is 1. The van der Waals surface area contributed by atoms with E-state index in [0.717, 1.165) is 10.5 Å². The van der Waals surface area contributed by atoms with Gasteiger partial charge in [-0.2, -0.15) is 0 Å². The number of aryl methyl sites for hydroxylation is 1. The third kappa shape index (κ3) is 3.69. The SMILES string of the molecule is Cc1ccccc1C(O)C1C=CC2C(=O)N(c3ccccc3)C(=O)C2N1Nc1ccccc1F. The Morgan fingerprint density at radius 1 is 0.882 bits per heavy atom. The number of nitrogens with zero attached hydrogens (tertiary/aromatic N) is 2. The zero-order chi connectivity index (χ0) is 23.8. The molecule has 0 radical (unpaired) electrons. The number of carbonyl (C=O) groups excluding carboxylic acids is 2. The molecule has 34 heavy (non-hydrogen) atoms. The summed E-state index contributed by atoms with van der Waals surface area (Å²) < 4.78 is 14.6. The highest BCUT2D eigenvalue weighted by atomic mass is 19.1. The zero-order valence-electron chi connectivity index (χ0n) is 18.5. The molecule has 4 unspecified atom stereocenters. The van der Waals surface area contributed by atoms with E-state index in [2.05, 4.69) is 5.43 Å². The molecule has 2 heterocycles. The van der Waals surface area contributed by atoms with Crippen molar-refractivity contribution in [1.82, 2.24) is 5.01 Å². The Balaban J connectivity index is 1.57. The van der Waals surface area contributed by atoms with Crippen LogP contribution >= 0.6 is 0 Å². The van der Waals surface area contributed by atoms with Crippen molar-refractivity contribution in [2.75, 3.05) is 10.3 Å². The number of imide groups is 1. The Morgan fingerprint density at radius 3 is 2.29 bits per heavy atom. The molecular formula is C27H24FN3O3. The first kappa shape index (κ1) is 22.0. The summed E-state index contributed by atoms with van der Waals surface area (Å²) in [6.07, 6.45) is 2.37. The summed E-state index contributed by atoms with van der Waals surface area (Å²) in [5.74, 6) is -2.07. The molecule has 3 aromatic carbocycles. The van der Waals surface area contributed by atoms with E-state index in [0.29, 0.717) is 11.3 Å². The van der Waals surface area contributed by atoms with E-state index in [1.165, 1.54) is 11.1 Å². The normalized spacial score (nSPS) is 23.1. The molecule has 2 amide bonds. The second kappa shape index (κ2) is 8.85. The lowest BCUT2D eigenvalue weighted by Gasteiger charge is -2.41. The molecule has 0 aliphatic carbocycles. The number of aliphatic hydroxyl groups is 1. The van der Waals surface area contributed by atoms with Gasteiger partial charge in [-0.3, -0.25) is 9.59 Å². The lowest BCUT2D eigenvalue weighted by Crippen LogP contribution is -2.55. The molecule has 0 spiro atoms. The van der Waals surface area contributed by atoms with Crippen molar-refractivity contribution >= 4 is 23.2 Å². The molecule has 2 aliphatic heterocycles. The molecule has 3 aromatic rings. The Morgan fingerprint density at radius 2 is 1.56 bits per heavy atom. The van der Waals surface area contributed by atoms with E-state index in [4.69, 9.17) is 0 Å². The van der Waals surface area contributed by atoms with Crippen LogP contribution in [0.25, 0.3) is 0 Å². The highest BCUT2D eigenvalue weighted by Gasteiger charge is 2.54. The first-order valence-electron chi connectivity index (χ1n) is 11.1. The summed E-state index contributed by atoms with van der Waals surface area (Å²) in [7, 11) is 0. The van der Waals surface area contributed by atoms with Gasteiger partial charge in [0.05, 0.1) is 23.3 Å². The number of halogens is 1. The van der Waals surface area contributed by atoms with Crippen molar-refractivity contribution < 1.29 is 19.1 Å². The van der Waals surface area contributed by atoms with Crippen molar-refractivity contribution in [1.29, 1.82) is 0 Å². The molecule has 1 fully saturated rings. The van der Waals surface area contributed by atoms with Crippen LogP contribution in [0.5, 0.6) is 0 Å². The van der Waals surface area contributed by atoms with Gasteiger partial charge in [-0.15, -0.1) is 0 Å². The number of rotatable bonds is 5. The minimum atomic E-state index is -1.02. The van der Waals surface area contributed by atoms with Crippen LogP contribution in [0.3, 0.4) is 0 Å². The second-order valence-electron chi connectivity index (χ2n) is 8.49. The topological polar surface area (TPSA) is 72.9 Å². The average molecular weight is 458 g/mol. The number of carbonyl (C=O) groups is 2. The van der Waals surface area contributed by atoms with Gasteiger partial charge in [0.15, 0.2) is 0 Å². The molecule has 0 saturated carbocycles. The van der Waals surface area contributed by atoms with E-state index in [1.54, 1.807) is 54.6 Å². The van der Waals surface area contributed by atoms with Crippen LogP contribution in [0.15, 0.2) is 91.0 Å². The Kier molecular flexibility index (Phi) is 5.73. The number of fused-ring (bicyclic) bond motifs is 1. The molecule has 0 bridgehead atoms. The summed E-state index contributed by atoms with van der Waals surface area (Å²) >= 11 is 0. The van der Waals surface area contributed by atoms with E-state index in [9.17, 15) is 19.1 Å². The number of hydrazine groups is 1. The molecule has 2 N–H and O–H groups in total. The third-order valence-corrected chi connectivity index (χ3v) is 6.42. The number of hydrogen-bond acceptors (Lipinski definition) is 5. The molecule has 4 atom stereocenters. The largest absolute Gasteiger partial charge is 0.386 e. The standard InChI is InChI=1S/C27H24FN3O3/c1-17-9-5-6-12-19(17)25(32)23-16-15-20-24(31(23)29-22-14-8-7-13-21(22)28)27(34)30(26(20)33)18-10-3-2-4-11-18/h2-16,20,23-25,29,32H,1H3. The number of nitrogens with one attached hydrogen (secondary N) is 1. The predicted octanol–water partition coefficient (Wildman–Crippen LogP) is 3.99. The smallest absolute Gasteiger partial charge is 0.254 e. The highest BCUT2D eigenvalue weighted by Crippen LogP contribution is 2.38. The molecule has 1 saturated heterocycles. The molecule has 172 valence electrons. The summed E-state index contributed by atoms with van der Waals surface area (Å²) in [6, 6.07) is 20.6.